The quantitative estimate of drug-likeness (QED) is 0.198. The normalized spacial score (nSPS) is 11.0. The molecule has 0 aliphatic rings. The number of rotatable bonds is 7. The van der Waals surface area contributed by atoms with Gasteiger partial charge < -0.3 is 0 Å². The van der Waals surface area contributed by atoms with Crippen LogP contribution in [-0.4, -0.2) is 0 Å². The highest BCUT2D eigenvalue weighted by Gasteiger charge is 2.06. The Morgan fingerprint density at radius 2 is 1.32 bits per heavy atom. The molecule has 0 radical (unpaired) electrons. The summed E-state index contributed by atoms with van der Waals surface area (Å²) in [5.41, 5.74) is 6.58. The maximum atomic E-state index is 14.9. The van der Waals surface area contributed by atoms with Gasteiger partial charge in [0.1, 0.15) is 5.82 Å². The molecule has 170 valence electrons. The predicted molar refractivity (Wildman–Crippen MR) is 143 cm³/mol. The largest absolute Gasteiger partial charge is 0.205 e. The van der Waals surface area contributed by atoms with E-state index >= 15 is 0 Å². The van der Waals surface area contributed by atoms with E-state index in [0.29, 0.717) is 10.9 Å². The first kappa shape index (κ1) is 23.5. The molecule has 1 heteroatoms. The van der Waals surface area contributed by atoms with E-state index in [2.05, 4.69) is 74.2 Å². The van der Waals surface area contributed by atoms with Crippen LogP contribution in [0.3, 0.4) is 0 Å². The van der Waals surface area contributed by atoms with Crippen molar-refractivity contribution in [3.05, 3.63) is 130 Å². The van der Waals surface area contributed by atoms with E-state index in [1.807, 2.05) is 36.4 Å². The Kier molecular flexibility index (Phi) is 7.95. The van der Waals surface area contributed by atoms with Crippen LogP contribution in [0.25, 0.3) is 10.8 Å². The maximum absolute atomic E-state index is 14.9. The molecule has 0 spiro atoms. The minimum absolute atomic E-state index is 0.239. The van der Waals surface area contributed by atoms with Crippen LogP contribution in [0, 0.1) is 17.7 Å². The fraction of sp³-hybridized carbons (Fsp3) is 0.212. The molecule has 0 aromatic heterocycles. The number of aryl methyl sites for hydroxylation is 4. The van der Waals surface area contributed by atoms with Gasteiger partial charge in [-0.15, -0.1) is 0 Å². The molecule has 0 N–H and O–H groups in total. The van der Waals surface area contributed by atoms with Crippen LogP contribution in [0.5, 0.6) is 0 Å². The van der Waals surface area contributed by atoms with Crippen molar-refractivity contribution in [2.24, 2.45) is 0 Å². The van der Waals surface area contributed by atoms with Gasteiger partial charge in [0.2, 0.25) is 0 Å². The zero-order valence-corrected chi connectivity index (χ0v) is 20.1. The molecule has 4 rings (SSSR count). The monoisotopic (exact) mass is 446 g/mol. The third kappa shape index (κ3) is 6.03. The van der Waals surface area contributed by atoms with E-state index in [-0.39, 0.29) is 5.82 Å². The fourth-order valence-electron chi connectivity index (χ4n) is 4.13. The molecule has 4 aromatic carbocycles. The lowest BCUT2D eigenvalue weighted by Crippen LogP contribution is -1.92. The van der Waals surface area contributed by atoms with Gasteiger partial charge in [0.05, 0.1) is 5.56 Å². The summed E-state index contributed by atoms with van der Waals surface area (Å²) in [6.07, 6.45) is 9.45. The third-order valence-electron chi connectivity index (χ3n) is 6.28. The zero-order valence-electron chi connectivity index (χ0n) is 20.1. The van der Waals surface area contributed by atoms with Gasteiger partial charge >= 0.3 is 0 Å². The maximum Gasteiger partial charge on any atom is 0.146 e. The molecule has 0 fully saturated rings. The van der Waals surface area contributed by atoms with E-state index in [4.69, 9.17) is 0 Å². The van der Waals surface area contributed by atoms with Crippen molar-refractivity contribution in [2.45, 2.75) is 46.0 Å². The van der Waals surface area contributed by atoms with Crippen molar-refractivity contribution in [3.8, 4) is 11.8 Å². The minimum Gasteiger partial charge on any atom is -0.205 e. The number of hydrogen-bond donors (Lipinski definition) is 0. The lowest BCUT2D eigenvalue weighted by molar-refractivity contribution is 0.636. The molecule has 0 heterocycles. The Morgan fingerprint density at radius 3 is 1.97 bits per heavy atom. The second-order valence-corrected chi connectivity index (χ2v) is 8.71. The number of allylic oxidation sites excluding steroid dienone is 2. The molecular weight excluding hydrogens is 415 g/mol. The number of benzene rings is 4. The van der Waals surface area contributed by atoms with Crippen molar-refractivity contribution in [1.82, 2.24) is 0 Å². The standard InChI is InChI=1S/C33H31F/c1-3-5-6-7-26-8-10-27(11-9-26)12-13-28-14-16-29(17-15-28)18-20-30-21-22-31-24-25(4-2)19-23-32(31)33(30)34/h3,5,8-11,14-17,19,21-24H,4,6-7,12-13H2,1-2H3/b5-3+. The topological polar surface area (TPSA) is 0 Å². The molecule has 0 amide bonds. The second-order valence-electron chi connectivity index (χ2n) is 8.71. The average molecular weight is 447 g/mol. The highest BCUT2D eigenvalue weighted by Crippen LogP contribution is 2.22. The molecule has 0 aliphatic carbocycles. The molecule has 34 heavy (non-hydrogen) atoms. The van der Waals surface area contributed by atoms with Crippen LogP contribution < -0.4 is 0 Å². The smallest absolute Gasteiger partial charge is 0.146 e. The Hall–Kier alpha value is -3.63. The molecular formula is C33H31F. The van der Waals surface area contributed by atoms with Gasteiger partial charge in [0.15, 0.2) is 0 Å². The van der Waals surface area contributed by atoms with Gasteiger partial charge in [-0.25, -0.2) is 4.39 Å². The van der Waals surface area contributed by atoms with E-state index in [9.17, 15) is 4.39 Å². The summed E-state index contributed by atoms with van der Waals surface area (Å²) in [5, 5.41) is 1.56. The van der Waals surface area contributed by atoms with Crippen molar-refractivity contribution >= 4 is 10.8 Å². The summed E-state index contributed by atoms with van der Waals surface area (Å²) < 4.78 is 14.9. The summed E-state index contributed by atoms with van der Waals surface area (Å²) in [7, 11) is 0. The van der Waals surface area contributed by atoms with Gasteiger partial charge in [-0.2, -0.15) is 0 Å². The van der Waals surface area contributed by atoms with Gasteiger partial charge in [0.25, 0.3) is 0 Å². The van der Waals surface area contributed by atoms with Crippen LogP contribution in [0.1, 0.15) is 53.6 Å². The molecule has 0 atom stereocenters. The SMILES string of the molecule is C/C=C/CCc1ccc(CCc2ccc(C#Cc3ccc4cc(CC)ccc4c3F)cc2)cc1. The van der Waals surface area contributed by atoms with Crippen LogP contribution in [0.2, 0.25) is 0 Å². The lowest BCUT2D eigenvalue weighted by Gasteiger charge is -2.05. The lowest BCUT2D eigenvalue weighted by atomic mass is 10.0. The Labute approximate surface area is 203 Å². The first-order chi connectivity index (χ1) is 16.7. The van der Waals surface area contributed by atoms with Crippen molar-refractivity contribution in [3.63, 3.8) is 0 Å². The van der Waals surface area contributed by atoms with Crippen LogP contribution in [-0.2, 0) is 25.7 Å². The highest BCUT2D eigenvalue weighted by molar-refractivity contribution is 5.85. The van der Waals surface area contributed by atoms with Crippen LogP contribution in [0.4, 0.5) is 4.39 Å². The molecule has 0 aliphatic heterocycles. The van der Waals surface area contributed by atoms with E-state index in [1.54, 1.807) is 6.07 Å². The minimum atomic E-state index is -0.239. The summed E-state index contributed by atoms with van der Waals surface area (Å²) in [6, 6.07) is 26.9. The van der Waals surface area contributed by atoms with Crippen molar-refractivity contribution in [1.29, 1.82) is 0 Å². The summed E-state index contributed by atoms with van der Waals surface area (Å²) in [5.74, 6) is 5.91. The number of halogens is 1. The zero-order chi connectivity index (χ0) is 23.8. The van der Waals surface area contributed by atoms with Gasteiger partial charge in [0, 0.05) is 10.9 Å². The Morgan fingerprint density at radius 1 is 0.706 bits per heavy atom. The Bertz CT molecular complexity index is 1330. The molecule has 0 nitrogen and oxygen atoms in total. The van der Waals surface area contributed by atoms with Gasteiger partial charge in [-0.3, -0.25) is 0 Å². The fourth-order valence-corrected chi connectivity index (χ4v) is 4.13. The molecule has 0 saturated heterocycles. The molecule has 0 unspecified atom stereocenters. The first-order valence-electron chi connectivity index (χ1n) is 12.2. The Balaban J connectivity index is 1.38. The molecule has 4 aromatic rings. The second kappa shape index (κ2) is 11.5. The first-order valence-corrected chi connectivity index (χ1v) is 12.2. The number of hydrogen-bond acceptors (Lipinski definition) is 0. The van der Waals surface area contributed by atoms with Gasteiger partial charge in [-0.1, -0.05) is 91.6 Å². The van der Waals surface area contributed by atoms with Crippen molar-refractivity contribution < 1.29 is 4.39 Å². The van der Waals surface area contributed by atoms with E-state index in [1.165, 1.54) is 22.3 Å². The van der Waals surface area contributed by atoms with E-state index < -0.39 is 0 Å². The van der Waals surface area contributed by atoms with Gasteiger partial charge in [-0.05, 0) is 84.9 Å². The summed E-state index contributed by atoms with van der Waals surface area (Å²) in [4.78, 5) is 0. The number of fused-ring (bicyclic) bond motifs is 1. The van der Waals surface area contributed by atoms with Crippen LogP contribution in [0.15, 0.2) is 91.0 Å². The predicted octanol–water partition coefficient (Wildman–Crippen LogP) is 8.24. The molecule has 0 bridgehead atoms. The van der Waals surface area contributed by atoms with Crippen LogP contribution >= 0.6 is 0 Å². The third-order valence-corrected chi connectivity index (χ3v) is 6.28. The van der Waals surface area contributed by atoms with Crippen molar-refractivity contribution in [2.75, 3.05) is 0 Å². The molecule has 0 saturated carbocycles. The van der Waals surface area contributed by atoms with E-state index in [0.717, 1.165) is 43.1 Å². The summed E-state index contributed by atoms with van der Waals surface area (Å²) in [6.45, 7) is 4.17. The summed E-state index contributed by atoms with van der Waals surface area (Å²) >= 11 is 0. The average Bonchev–Trinajstić information content (AvgIpc) is 2.88. The highest BCUT2D eigenvalue weighted by atomic mass is 19.1.